The zero-order valence-corrected chi connectivity index (χ0v) is 14.3. The first-order valence-corrected chi connectivity index (χ1v) is 8.42. The molecule has 24 heavy (non-hydrogen) atoms. The van der Waals surface area contributed by atoms with Gasteiger partial charge < -0.3 is 39.7 Å². The van der Waals surface area contributed by atoms with E-state index in [-0.39, 0.29) is 0 Å². The van der Waals surface area contributed by atoms with Crippen molar-refractivity contribution in [3.05, 3.63) is 0 Å². The molecule has 8 unspecified atom stereocenters. The minimum atomic E-state index is -1.50. The number of hydrogen-bond donors (Lipinski definition) is 5. The highest BCUT2D eigenvalue weighted by Crippen LogP contribution is 2.54. The van der Waals surface area contributed by atoms with E-state index >= 15 is 0 Å². The zero-order chi connectivity index (χ0) is 17.9. The molecule has 4 rings (SSSR count). The molecule has 0 spiro atoms. The lowest BCUT2D eigenvalue weighted by Crippen LogP contribution is -2.73. The van der Waals surface area contributed by atoms with Gasteiger partial charge in [-0.2, -0.15) is 0 Å². The molecule has 8 nitrogen and oxygen atoms in total. The van der Waals surface area contributed by atoms with Crippen molar-refractivity contribution >= 4 is 0 Å². The molecule has 0 radical (unpaired) electrons. The number of rotatable bonds is 3. The second-order valence-electron chi connectivity index (χ2n) is 7.95. The van der Waals surface area contributed by atoms with Crippen molar-refractivity contribution in [2.24, 2.45) is 0 Å². The van der Waals surface area contributed by atoms with Crippen LogP contribution in [0, 0.1) is 0 Å². The summed E-state index contributed by atoms with van der Waals surface area (Å²) >= 11 is 0. The summed E-state index contributed by atoms with van der Waals surface area (Å²) < 4.78 is 17.6. The highest BCUT2D eigenvalue weighted by molar-refractivity contribution is 5.13. The first-order chi connectivity index (χ1) is 11.1. The van der Waals surface area contributed by atoms with E-state index in [9.17, 15) is 25.5 Å². The summed E-state index contributed by atoms with van der Waals surface area (Å²) in [7, 11) is 0. The Bertz CT molecular complexity index is 483. The van der Waals surface area contributed by atoms with Crippen LogP contribution in [0.3, 0.4) is 0 Å². The van der Waals surface area contributed by atoms with Gasteiger partial charge in [-0.15, -0.1) is 0 Å². The largest absolute Gasteiger partial charge is 0.394 e. The highest BCUT2D eigenvalue weighted by atomic mass is 16.7. The van der Waals surface area contributed by atoms with Crippen LogP contribution in [0.1, 0.15) is 40.0 Å². The van der Waals surface area contributed by atoms with Crippen molar-refractivity contribution in [3.63, 3.8) is 0 Å². The minimum absolute atomic E-state index is 0.311. The van der Waals surface area contributed by atoms with E-state index in [1.54, 1.807) is 0 Å². The highest BCUT2D eigenvalue weighted by Gasteiger charge is 2.64. The molecule has 0 aromatic heterocycles. The Kier molecular flexibility index (Phi) is 4.50. The summed E-state index contributed by atoms with van der Waals surface area (Å²) in [6.07, 6.45) is -5.89. The Morgan fingerprint density at radius 3 is 2.21 bits per heavy atom. The molecule has 2 bridgehead atoms. The number of fused-ring (bicyclic) bond motifs is 3. The van der Waals surface area contributed by atoms with Crippen molar-refractivity contribution in [3.8, 4) is 0 Å². The first kappa shape index (κ1) is 18.5. The molecule has 8 heteroatoms. The summed E-state index contributed by atoms with van der Waals surface area (Å²) in [6.45, 7) is 5.08. The van der Waals surface area contributed by atoms with Crippen molar-refractivity contribution in [2.45, 2.75) is 93.6 Å². The SMILES string of the molecule is CC12CCC(OC3OC(CO)C(O)C(O)C3O)(CC1O)C(C)(C)O2. The summed E-state index contributed by atoms with van der Waals surface area (Å²) in [5.41, 5.74) is -2.28. The standard InChI is InChI=1S/C16H28O8/c1-14(2)16(5-4-15(3,24-14)9(18)6-16)23-13-12(21)11(20)10(19)8(7-17)22-13/h8-13,17-21H,4-7H2,1-3H3. The quantitative estimate of drug-likeness (QED) is 0.424. The molecule has 1 saturated carbocycles. The fraction of sp³-hybridized carbons (Fsp3) is 1.00. The average molecular weight is 348 g/mol. The lowest BCUT2D eigenvalue weighted by molar-refractivity contribution is -0.396. The van der Waals surface area contributed by atoms with Gasteiger partial charge in [-0.25, -0.2) is 0 Å². The summed E-state index contributed by atoms with van der Waals surface area (Å²) in [5.74, 6) is 0. The summed E-state index contributed by atoms with van der Waals surface area (Å²) in [4.78, 5) is 0. The van der Waals surface area contributed by atoms with E-state index in [1.165, 1.54) is 0 Å². The number of aliphatic hydroxyl groups is 5. The molecule has 0 aromatic rings. The van der Waals surface area contributed by atoms with Crippen molar-refractivity contribution < 1.29 is 39.7 Å². The number of aliphatic hydroxyl groups excluding tert-OH is 5. The Balaban J connectivity index is 1.83. The molecule has 3 saturated heterocycles. The number of ether oxygens (including phenoxy) is 3. The van der Waals surface area contributed by atoms with Crippen LogP contribution >= 0.6 is 0 Å². The van der Waals surface area contributed by atoms with Gasteiger partial charge in [-0.1, -0.05) is 0 Å². The normalized spacial score (nSPS) is 54.0. The van der Waals surface area contributed by atoms with E-state index in [0.717, 1.165) is 0 Å². The molecule has 8 atom stereocenters. The fourth-order valence-electron chi connectivity index (χ4n) is 4.22. The predicted molar refractivity (Wildman–Crippen MR) is 81.0 cm³/mol. The molecule has 3 heterocycles. The molecule has 5 N–H and O–H groups in total. The van der Waals surface area contributed by atoms with Crippen molar-refractivity contribution in [2.75, 3.05) is 6.61 Å². The fourth-order valence-corrected chi connectivity index (χ4v) is 4.22. The third-order valence-electron chi connectivity index (χ3n) is 6.03. The summed E-state index contributed by atoms with van der Waals surface area (Å²) in [6, 6.07) is 0. The molecule has 3 aliphatic heterocycles. The minimum Gasteiger partial charge on any atom is -0.394 e. The van der Waals surface area contributed by atoms with E-state index in [0.29, 0.717) is 19.3 Å². The Morgan fingerprint density at radius 1 is 1.00 bits per heavy atom. The van der Waals surface area contributed by atoms with Gasteiger partial charge in [-0.3, -0.25) is 0 Å². The Morgan fingerprint density at radius 2 is 1.67 bits per heavy atom. The van der Waals surface area contributed by atoms with Gasteiger partial charge in [0.1, 0.15) is 30.0 Å². The van der Waals surface area contributed by atoms with Crippen LogP contribution in [0.4, 0.5) is 0 Å². The van der Waals surface area contributed by atoms with Gasteiger partial charge in [0.05, 0.1) is 23.9 Å². The molecule has 0 aromatic carbocycles. The molecule has 4 fully saturated rings. The predicted octanol–water partition coefficient (Wildman–Crippen LogP) is -1.35. The zero-order valence-electron chi connectivity index (χ0n) is 14.3. The van der Waals surface area contributed by atoms with Gasteiger partial charge >= 0.3 is 0 Å². The van der Waals surface area contributed by atoms with Gasteiger partial charge in [0.2, 0.25) is 0 Å². The monoisotopic (exact) mass is 348 g/mol. The van der Waals surface area contributed by atoms with Crippen LogP contribution < -0.4 is 0 Å². The van der Waals surface area contributed by atoms with Gasteiger partial charge in [0.25, 0.3) is 0 Å². The first-order valence-electron chi connectivity index (χ1n) is 8.42. The van der Waals surface area contributed by atoms with E-state index in [4.69, 9.17) is 14.2 Å². The Labute approximate surface area is 141 Å². The van der Waals surface area contributed by atoms with Gasteiger partial charge in [0.15, 0.2) is 6.29 Å². The maximum atomic E-state index is 10.4. The molecule has 0 amide bonds. The van der Waals surface area contributed by atoms with Crippen molar-refractivity contribution in [1.82, 2.24) is 0 Å². The van der Waals surface area contributed by atoms with E-state index in [1.807, 2.05) is 20.8 Å². The molecular weight excluding hydrogens is 320 g/mol. The molecule has 140 valence electrons. The summed E-state index contributed by atoms with van der Waals surface area (Å²) in [5, 5.41) is 49.7. The van der Waals surface area contributed by atoms with Crippen LogP contribution in [-0.4, -0.2) is 85.8 Å². The molecular formula is C16H28O8. The third-order valence-corrected chi connectivity index (χ3v) is 6.03. The number of hydrogen-bond acceptors (Lipinski definition) is 8. The lowest BCUT2D eigenvalue weighted by atomic mass is 9.64. The Hall–Kier alpha value is -0.320. The van der Waals surface area contributed by atoms with Crippen LogP contribution in [0.5, 0.6) is 0 Å². The van der Waals surface area contributed by atoms with Crippen LogP contribution in [-0.2, 0) is 14.2 Å². The average Bonchev–Trinajstić information content (AvgIpc) is 2.50. The molecule has 1 aliphatic carbocycles. The van der Waals surface area contributed by atoms with E-state index < -0.39 is 60.2 Å². The van der Waals surface area contributed by atoms with E-state index in [2.05, 4.69) is 0 Å². The van der Waals surface area contributed by atoms with Crippen molar-refractivity contribution in [1.29, 1.82) is 0 Å². The van der Waals surface area contributed by atoms with Gasteiger partial charge in [0, 0.05) is 6.42 Å². The topological polar surface area (TPSA) is 129 Å². The second-order valence-corrected chi connectivity index (χ2v) is 7.95. The maximum Gasteiger partial charge on any atom is 0.187 e. The lowest BCUT2D eigenvalue weighted by Gasteiger charge is -2.63. The maximum absolute atomic E-state index is 10.4. The smallest absolute Gasteiger partial charge is 0.187 e. The van der Waals surface area contributed by atoms with Gasteiger partial charge in [-0.05, 0) is 33.6 Å². The second kappa shape index (κ2) is 5.85. The molecule has 4 aliphatic rings. The third kappa shape index (κ3) is 2.60. The van der Waals surface area contributed by atoms with Crippen LogP contribution in [0.2, 0.25) is 0 Å². The van der Waals surface area contributed by atoms with Crippen LogP contribution in [0.25, 0.3) is 0 Å². The van der Waals surface area contributed by atoms with Crippen LogP contribution in [0.15, 0.2) is 0 Å².